The summed E-state index contributed by atoms with van der Waals surface area (Å²) in [7, 11) is 0. The lowest BCUT2D eigenvalue weighted by atomic mass is 9.85. The summed E-state index contributed by atoms with van der Waals surface area (Å²) in [6.07, 6.45) is 3.03. The Labute approximate surface area is 389 Å². The molecule has 2 fully saturated rings. The number of carbonyl (C=O) groups excluding carboxylic acids is 4. The SMILES string of the molecule is Cc1ncsc1-c1ccc(CNC(=O)[C@@H]2C[C@@H](O)CN2C(=O)C(NC(=O)CCOCC2CCN(c3ncc(C(=O)Nc4ccc(OC(F)(F)Cl)cc4)cc3-c3ccn[nH]3)C2)C(C)(C)C)cc1. The van der Waals surface area contributed by atoms with Crippen LogP contribution in [0, 0.1) is 18.3 Å². The van der Waals surface area contributed by atoms with Gasteiger partial charge in [0.1, 0.15) is 23.7 Å². The van der Waals surface area contributed by atoms with Crippen LogP contribution < -0.4 is 25.6 Å². The number of nitrogens with zero attached hydrogens (tertiary/aromatic N) is 5. The van der Waals surface area contributed by atoms with Crippen molar-refractivity contribution in [3.63, 3.8) is 0 Å². The Morgan fingerprint density at radius 1 is 1.05 bits per heavy atom. The number of hydrogen-bond acceptors (Lipinski definition) is 12. The average Bonchev–Trinajstić information content (AvgIpc) is 4.12. The highest BCUT2D eigenvalue weighted by Gasteiger charge is 2.44. The molecule has 5 heterocycles. The fraction of sp³-hybridized carbons (Fsp3) is 0.413. The number of aliphatic hydroxyl groups excluding tert-OH is 1. The zero-order chi connectivity index (χ0) is 47.2. The van der Waals surface area contributed by atoms with Crippen molar-refractivity contribution < 1.29 is 42.5 Å². The van der Waals surface area contributed by atoms with Crippen LogP contribution in [0.5, 0.6) is 5.75 Å². The Kier molecular flexibility index (Phi) is 15.0. The molecular formula is C46H52ClF2N9O7S. The van der Waals surface area contributed by atoms with E-state index in [9.17, 15) is 33.1 Å². The summed E-state index contributed by atoms with van der Waals surface area (Å²) in [5.74, 6) is -1.10. The van der Waals surface area contributed by atoms with Crippen molar-refractivity contribution in [2.45, 2.75) is 77.3 Å². The molecule has 0 aliphatic carbocycles. The second kappa shape index (κ2) is 20.7. The van der Waals surface area contributed by atoms with Gasteiger partial charge in [0, 0.05) is 80.2 Å². The quantitative estimate of drug-likeness (QED) is 0.0512. The second-order valence-electron chi connectivity index (χ2n) is 17.5. The van der Waals surface area contributed by atoms with Crippen LogP contribution in [0.1, 0.15) is 61.6 Å². The maximum atomic E-state index is 14.1. The second-order valence-corrected chi connectivity index (χ2v) is 18.8. The molecule has 3 aromatic heterocycles. The predicted molar refractivity (Wildman–Crippen MR) is 245 cm³/mol. The largest absolute Gasteiger partial charge is 0.487 e. The Bertz CT molecular complexity index is 2480. The smallest absolute Gasteiger partial charge is 0.420 e. The number of anilines is 2. The highest BCUT2D eigenvalue weighted by atomic mass is 35.5. The Balaban J connectivity index is 0.890. The molecule has 2 saturated heterocycles. The van der Waals surface area contributed by atoms with E-state index in [1.807, 2.05) is 52.0 Å². The van der Waals surface area contributed by atoms with Crippen LogP contribution in [0.2, 0.25) is 0 Å². The minimum atomic E-state index is -3.86. The van der Waals surface area contributed by atoms with Gasteiger partial charge < -0.3 is 40.3 Å². The molecule has 350 valence electrons. The number of aromatic nitrogens is 4. The van der Waals surface area contributed by atoms with Gasteiger partial charge >= 0.3 is 5.57 Å². The number of aliphatic hydroxyl groups is 1. The molecule has 2 aliphatic rings. The molecule has 0 saturated carbocycles. The van der Waals surface area contributed by atoms with Crippen LogP contribution in [-0.2, 0) is 25.7 Å². The molecular weight excluding hydrogens is 896 g/mol. The van der Waals surface area contributed by atoms with Crippen molar-refractivity contribution in [3.8, 4) is 27.4 Å². The molecule has 5 aromatic rings. The van der Waals surface area contributed by atoms with Crippen molar-refractivity contribution in [2.75, 3.05) is 43.1 Å². The number of nitrogens with one attached hydrogen (secondary N) is 4. The van der Waals surface area contributed by atoms with Gasteiger partial charge in [-0.3, -0.25) is 24.3 Å². The van der Waals surface area contributed by atoms with Gasteiger partial charge in [0.15, 0.2) is 0 Å². The normalized spacial score (nSPS) is 18.0. The lowest BCUT2D eigenvalue weighted by Gasteiger charge is -2.35. The van der Waals surface area contributed by atoms with Crippen molar-refractivity contribution in [1.29, 1.82) is 0 Å². The molecule has 20 heteroatoms. The number of alkyl halides is 3. The number of amides is 4. The lowest BCUT2D eigenvalue weighted by molar-refractivity contribution is -0.144. The summed E-state index contributed by atoms with van der Waals surface area (Å²) in [5.41, 5.74) is 1.99. The lowest BCUT2D eigenvalue weighted by Crippen LogP contribution is -2.57. The van der Waals surface area contributed by atoms with Crippen molar-refractivity contribution in [1.82, 2.24) is 35.7 Å². The number of aromatic amines is 1. The van der Waals surface area contributed by atoms with E-state index < -0.39 is 41.0 Å². The van der Waals surface area contributed by atoms with Gasteiger partial charge in [0.05, 0.1) is 46.7 Å². The summed E-state index contributed by atoms with van der Waals surface area (Å²) in [4.78, 5) is 67.6. The highest BCUT2D eigenvalue weighted by Crippen LogP contribution is 2.34. The molecule has 0 bridgehead atoms. The van der Waals surface area contributed by atoms with Crippen molar-refractivity contribution in [2.24, 2.45) is 11.3 Å². The molecule has 5 N–H and O–H groups in total. The third kappa shape index (κ3) is 12.2. The van der Waals surface area contributed by atoms with Crippen LogP contribution in [0.25, 0.3) is 21.7 Å². The number of likely N-dealkylation sites (tertiary alicyclic amines) is 1. The third-order valence-corrected chi connectivity index (χ3v) is 12.4. The Morgan fingerprint density at radius 3 is 2.47 bits per heavy atom. The summed E-state index contributed by atoms with van der Waals surface area (Å²) >= 11 is 6.40. The first-order chi connectivity index (χ1) is 31.4. The highest BCUT2D eigenvalue weighted by molar-refractivity contribution is 7.13. The maximum Gasteiger partial charge on any atom is 0.487 e. The predicted octanol–water partition coefficient (Wildman–Crippen LogP) is 6.37. The summed E-state index contributed by atoms with van der Waals surface area (Å²) < 4.78 is 36.3. The fourth-order valence-corrected chi connectivity index (χ4v) is 8.87. The number of rotatable bonds is 17. The molecule has 7 rings (SSSR count). The number of halogens is 3. The first-order valence-electron chi connectivity index (χ1n) is 21.5. The van der Waals surface area contributed by atoms with Crippen LogP contribution in [-0.4, -0.2) is 110 Å². The number of pyridine rings is 1. The van der Waals surface area contributed by atoms with Crippen LogP contribution in [0.15, 0.2) is 78.6 Å². The first kappa shape index (κ1) is 47.9. The van der Waals surface area contributed by atoms with Gasteiger partial charge in [-0.05, 0) is 66.3 Å². The standard InChI is InChI=1S/C46H52ClF2N9O7S/c1-27-39(66-26-52-27)30-7-5-28(6-8-30)21-51-43(62)37-20-33(59)24-58(37)44(63)40(45(2,3)4)55-38(60)15-18-64-25-29-14-17-57(23-29)41-35(36-13-16-53-56-36)19-31(22-50-41)42(61)54-32-9-11-34(12-10-32)65-46(47,48)49/h5-13,16,19,22,26,29,33,37,40,59H,14-15,17-18,20-21,23-25H2,1-4H3,(H,51,62)(H,53,56)(H,54,61)(H,55,60)/t29?,33-,37+,40?/m1/s1. The van der Waals surface area contributed by atoms with Gasteiger partial charge in [-0.25, -0.2) is 9.97 Å². The molecule has 66 heavy (non-hydrogen) atoms. The van der Waals surface area contributed by atoms with E-state index in [-0.39, 0.29) is 61.6 Å². The summed E-state index contributed by atoms with van der Waals surface area (Å²) in [5, 5.41) is 26.2. The van der Waals surface area contributed by atoms with Crippen LogP contribution >= 0.6 is 22.9 Å². The van der Waals surface area contributed by atoms with Gasteiger partial charge in [0.25, 0.3) is 5.91 Å². The molecule has 4 atom stereocenters. The fourth-order valence-electron chi connectivity index (χ4n) is 7.97. The Hall–Kier alpha value is -6.02. The van der Waals surface area contributed by atoms with Crippen LogP contribution in [0.4, 0.5) is 20.3 Å². The number of hydrogen-bond donors (Lipinski definition) is 5. The van der Waals surface area contributed by atoms with E-state index in [1.165, 1.54) is 35.4 Å². The topological polar surface area (TPSA) is 204 Å². The van der Waals surface area contributed by atoms with E-state index in [4.69, 9.17) is 16.3 Å². The molecule has 16 nitrogen and oxygen atoms in total. The number of β-amino-alcohol motifs (C(OH)–C–C–N with tert-alkyl or cyclic N) is 1. The first-order valence-corrected chi connectivity index (χ1v) is 22.7. The van der Waals surface area contributed by atoms with E-state index in [0.29, 0.717) is 42.5 Å². The van der Waals surface area contributed by atoms with E-state index >= 15 is 0 Å². The van der Waals surface area contributed by atoms with Crippen LogP contribution in [0.3, 0.4) is 0 Å². The van der Waals surface area contributed by atoms with Gasteiger partial charge in [-0.2, -0.15) is 5.10 Å². The van der Waals surface area contributed by atoms with Gasteiger partial charge in [-0.15, -0.1) is 20.1 Å². The summed E-state index contributed by atoms with van der Waals surface area (Å²) in [6.45, 7) is 9.41. The Morgan fingerprint density at radius 2 is 1.80 bits per heavy atom. The molecule has 0 radical (unpaired) electrons. The van der Waals surface area contributed by atoms with Gasteiger partial charge in [-0.1, -0.05) is 45.0 Å². The van der Waals surface area contributed by atoms with E-state index in [2.05, 4.69) is 45.8 Å². The molecule has 4 amide bonds. The number of thiazole rings is 1. The number of ether oxygens (including phenoxy) is 2. The van der Waals surface area contributed by atoms with Crippen molar-refractivity contribution in [3.05, 3.63) is 95.4 Å². The maximum absolute atomic E-state index is 14.1. The minimum absolute atomic E-state index is 0.000519. The monoisotopic (exact) mass is 947 g/mol. The molecule has 2 aliphatic heterocycles. The van der Waals surface area contributed by atoms with E-state index in [0.717, 1.165) is 28.1 Å². The summed E-state index contributed by atoms with van der Waals surface area (Å²) in [6, 6.07) is 14.8. The minimum Gasteiger partial charge on any atom is -0.420 e. The molecule has 0 spiro atoms. The molecule has 2 unspecified atom stereocenters. The van der Waals surface area contributed by atoms with Gasteiger partial charge in [0.2, 0.25) is 17.7 Å². The third-order valence-electron chi connectivity index (χ3n) is 11.4. The van der Waals surface area contributed by atoms with Crippen molar-refractivity contribution >= 4 is 58.1 Å². The average molecular weight is 948 g/mol. The number of aryl methyl sites for hydroxylation is 1. The zero-order valence-corrected chi connectivity index (χ0v) is 38.4. The van der Waals surface area contributed by atoms with E-state index in [1.54, 1.807) is 35.2 Å². The zero-order valence-electron chi connectivity index (χ0n) is 36.9. The number of carbonyl (C=O) groups is 4. The molecule has 2 aromatic carbocycles. The number of H-pyrrole nitrogens is 1. The number of benzene rings is 2.